The van der Waals surface area contributed by atoms with E-state index in [-0.39, 0.29) is 39.1 Å². The van der Waals surface area contributed by atoms with Gasteiger partial charge in [0.25, 0.3) is 0 Å². The third-order valence-electron chi connectivity index (χ3n) is 5.44. The van der Waals surface area contributed by atoms with Crippen molar-refractivity contribution in [3.8, 4) is 23.0 Å². The number of azo groups is 1. The lowest BCUT2D eigenvalue weighted by Crippen LogP contribution is -2.09. The predicted molar refractivity (Wildman–Crippen MR) is 132 cm³/mol. The summed E-state index contributed by atoms with van der Waals surface area (Å²) in [5.74, 6) is -1.07. The van der Waals surface area contributed by atoms with Crippen LogP contribution in [0, 0.1) is 0 Å². The largest absolute Gasteiger partial charge is 0.507 e. The molecule has 0 aromatic heterocycles. The van der Waals surface area contributed by atoms with E-state index in [1.54, 1.807) is 30.3 Å². The zero-order chi connectivity index (χ0) is 23.7. The Balaban J connectivity index is 1.83. The number of rotatable bonds is 5. The first-order valence-electron chi connectivity index (χ1n) is 10.4. The predicted octanol–water partition coefficient (Wildman–Crippen LogP) is 6.67. The zero-order valence-electron chi connectivity index (χ0n) is 17.8. The number of phenols is 4. The van der Waals surface area contributed by atoms with E-state index in [2.05, 4.69) is 21.1 Å². The maximum Gasteiger partial charge on any atom is 0.167 e. The van der Waals surface area contributed by atoms with Crippen LogP contribution in [0.2, 0.25) is 0 Å². The van der Waals surface area contributed by atoms with Crippen LogP contribution < -0.4 is 10.9 Å². The highest BCUT2D eigenvalue weighted by atomic mass is 16.3. The van der Waals surface area contributed by atoms with Gasteiger partial charge in [-0.25, -0.2) is 0 Å². The molecule has 0 radical (unpaired) electrons. The highest BCUT2D eigenvalue weighted by Crippen LogP contribution is 2.52. The van der Waals surface area contributed by atoms with Crippen LogP contribution in [0.5, 0.6) is 23.0 Å². The van der Waals surface area contributed by atoms with E-state index in [0.29, 0.717) is 16.8 Å². The topological polar surface area (TPSA) is 130 Å². The fourth-order valence-corrected chi connectivity index (χ4v) is 3.85. The van der Waals surface area contributed by atoms with Gasteiger partial charge in [-0.2, -0.15) is 5.11 Å². The van der Waals surface area contributed by atoms with Crippen molar-refractivity contribution >= 4 is 44.3 Å². The van der Waals surface area contributed by atoms with Crippen LogP contribution in [-0.2, 0) is 0 Å². The van der Waals surface area contributed by atoms with E-state index in [1.807, 2.05) is 36.4 Å². The number of phenolic OH excluding ortho intramolecular Hbond substituents is 4. The summed E-state index contributed by atoms with van der Waals surface area (Å²) in [6, 6.07) is 23.9. The Morgan fingerprint density at radius 3 is 1.85 bits per heavy atom. The highest BCUT2D eigenvalue weighted by Gasteiger charge is 2.23. The molecule has 0 fully saturated rings. The molecule has 0 amide bonds. The molecule has 0 saturated carbocycles. The Kier molecular flexibility index (Phi) is 5.23. The van der Waals surface area contributed by atoms with Crippen molar-refractivity contribution in [1.29, 1.82) is 0 Å². The molecule has 0 bridgehead atoms. The van der Waals surface area contributed by atoms with Crippen LogP contribution in [0.4, 0.5) is 22.7 Å². The van der Waals surface area contributed by atoms with Crippen LogP contribution in [0.1, 0.15) is 0 Å². The lowest BCUT2D eigenvalue weighted by Gasteiger charge is -2.19. The Morgan fingerprint density at radius 2 is 1.15 bits per heavy atom. The molecule has 6 N–H and O–H groups in total. The monoisotopic (exact) mass is 452 g/mol. The third-order valence-corrected chi connectivity index (χ3v) is 5.44. The number of nitrogens with one attached hydrogen (secondary N) is 2. The smallest absolute Gasteiger partial charge is 0.167 e. The second-order valence-corrected chi connectivity index (χ2v) is 7.58. The summed E-state index contributed by atoms with van der Waals surface area (Å²) in [5, 5.41) is 52.3. The van der Waals surface area contributed by atoms with E-state index in [1.165, 1.54) is 18.2 Å². The van der Waals surface area contributed by atoms with Crippen LogP contribution in [0.15, 0.2) is 95.2 Å². The molecule has 0 saturated heterocycles. The minimum Gasteiger partial charge on any atom is -0.507 e. The second-order valence-electron chi connectivity index (χ2n) is 7.58. The first kappa shape index (κ1) is 20.9. The molecule has 0 atom stereocenters. The number of para-hydroxylation sites is 1. The second kappa shape index (κ2) is 8.51. The number of hydrogen-bond acceptors (Lipinski definition) is 8. The van der Waals surface area contributed by atoms with Gasteiger partial charge < -0.3 is 25.9 Å². The molecule has 34 heavy (non-hydrogen) atoms. The number of benzene rings is 5. The first-order chi connectivity index (χ1) is 16.5. The molecule has 0 aliphatic heterocycles. The van der Waals surface area contributed by atoms with Gasteiger partial charge in [0.1, 0.15) is 17.2 Å². The lowest BCUT2D eigenvalue weighted by molar-refractivity contribution is 0.408. The molecule has 0 aliphatic carbocycles. The molecular formula is C26H20N4O4. The van der Waals surface area contributed by atoms with Crippen LogP contribution in [0.25, 0.3) is 21.5 Å². The van der Waals surface area contributed by atoms with E-state index in [4.69, 9.17) is 0 Å². The molecule has 0 aliphatic rings. The number of fused-ring (bicyclic) bond motifs is 2. The van der Waals surface area contributed by atoms with Gasteiger partial charge in [0.15, 0.2) is 11.5 Å². The van der Waals surface area contributed by atoms with Gasteiger partial charge in [-0.1, -0.05) is 36.4 Å². The fraction of sp³-hybridized carbons (Fsp3) is 0. The fourth-order valence-electron chi connectivity index (χ4n) is 3.85. The molecule has 0 spiro atoms. The zero-order valence-corrected chi connectivity index (χ0v) is 17.8. The quantitative estimate of drug-likeness (QED) is 0.0581. The van der Waals surface area contributed by atoms with E-state index >= 15 is 0 Å². The van der Waals surface area contributed by atoms with Crippen LogP contribution in [-0.4, -0.2) is 20.4 Å². The average molecular weight is 452 g/mol. The van der Waals surface area contributed by atoms with Crippen molar-refractivity contribution in [2.75, 3.05) is 10.9 Å². The van der Waals surface area contributed by atoms with Crippen molar-refractivity contribution in [1.82, 2.24) is 0 Å². The Labute approximate surface area is 194 Å². The number of nitrogens with zero attached hydrogens (tertiary/aromatic N) is 2. The molecule has 5 rings (SSSR count). The summed E-state index contributed by atoms with van der Waals surface area (Å²) in [4.78, 5) is 0. The number of hydrogen-bond donors (Lipinski definition) is 6. The third kappa shape index (κ3) is 3.63. The number of aromatic hydroxyl groups is 4. The van der Waals surface area contributed by atoms with Crippen LogP contribution in [0.3, 0.4) is 0 Å². The van der Waals surface area contributed by atoms with Gasteiger partial charge in [-0.05, 0) is 48.5 Å². The van der Waals surface area contributed by atoms with Gasteiger partial charge in [-0.15, -0.1) is 5.11 Å². The average Bonchev–Trinajstić information content (AvgIpc) is 2.86. The summed E-state index contributed by atoms with van der Waals surface area (Å²) < 4.78 is 0. The van der Waals surface area contributed by atoms with Gasteiger partial charge >= 0.3 is 0 Å². The van der Waals surface area contributed by atoms with Gasteiger partial charge in [0.2, 0.25) is 0 Å². The summed E-state index contributed by atoms with van der Waals surface area (Å²) in [7, 11) is 0. The summed E-state index contributed by atoms with van der Waals surface area (Å²) >= 11 is 0. The standard InChI is InChI=1S/C26H20N4O4/c31-18-13-14-19(32)23-22(18)24(29-27-15-7-3-1-4-8-15)17-11-12-20(33)26(34)21(17)25(23)30-28-16-9-5-2-6-10-16/h1-14,27,29,31-34H. The molecule has 168 valence electrons. The Hall–Kier alpha value is -4.98. The number of anilines is 2. The van der Waals surface area contributed by atoms with E-state index in [0.717, 1.165) is 5.69 Å². The maximum absolute atomic E-state index is 10.8. The molecule has 0 heterocycles. The van der Waals surface area contributed by atoms with Gasteiger partial charge in [0.05, 0.1) is 33.2 Å². The molecule has 8 nitrogen and oxygen atoms in total. The molecular weight excluding hydrogens is 432 g/mol. The normalized spacial score (nSPS) is 11.3. The van der Waals surface area contributed by atoms with Crippen molar-refractivity contribution in [3.63, 3.8) is 0 Å². The SMILES string of the molecule is Oc1ccc2c(NNc3ccccc3)c3c(O)ccc(O)c3c(N=Nc3ccccc3)c2c1O. The molecule has 5 aromatic carbocycles. The minimum absolute atomic E-state index is 0.0981. The molecule has 5 aromatic rings. The van der Waals surface area contributed by atoms with Crippen LogP contribution >= 0.6 is 0 Å². The Bertz CT molecular complexity index is 1530. The van der Waals surface area contributed by atoms with Crippen molar-refractivity contribution < 1.29 is 20.4 Å². The summed E-state index contributed by atoms with van der Waals surface area (Å²) in [6.45, 7) is 0. The van der Waals surface area contributed by atoms with Crippen molar-refractivity contribution in [2.24, 2.45) is 10.2 Å². The van der Waals surface area contributed by atoms with Crippen molar-refractivity contribution in [3.05, 3.63) is 84.9 Å². The number of hydrazine groups is 1. The van der Waals surface area contributed by atoms with Gasteiger partial charge in [0, 0.05) is 5.39 Å². The van der Waals surface area contributed by atoms with Crippen molar-refractivity contribution in [2.45, 2.75) is 0 Å². The lowest BCUT2D eigenvalue weighted by atomic mass is 9.96. The molecule has 8 heteroatoms. The summed E-state index contributed by atoms with van der Waals surface area (Å²) in [5.41, 5.74) is 7.91. The van der Waals surface area contributed by atoms with E-state index in [9.17, 15) is 20.4 Å². The first-order valence-corrected chi connectivity index (χ1v) is 10.4. The molecule has 0 unspecified atom stereocenters. The van der Waals surface area contributed by atoms with Gasteiger partial charge in [-0.3, -0.25) is 5.43 Å². The minimum atomic E-state index is -0.424. The summed E-state index contributed by atoms with van der Waals surface area (Å²) in [6.07, 6.45) is 0. The highest BCUT2D eigenvalue weighted by molar-refractivity contribution is 6.24. The van der Waals surface area contributed by atoms with E-state index < -0.39 is 5.75 Å². The maximum atomic E-state index is 10.8. The Morgan fingerprint density at radius 1 is 0.529 bits per heavy atom.